The molecular formula is C15H24N2O2. The monoisotopic (exact) mass is 264 g/mol. The van der Waals surface area contributed by atoms with Gasteiger partial charge in [-0.05, 0) is 31.5 Å². The second kappa shape index (κ2) is 6.78. The van der Waals surface area contributed by atoms with Crippen LogP contribution in [-0.4, -0.2) is 44.8 Å². The van der Waals surface area contributed by atoms with Crippen LogP contribution in [0.3, 0.4) is 0 Å². The molecule has 0 spiro atoms. The summed E-state index contributed by atoms with van der Waals surface area (Å²) in [6, 6.07) is 6.65. The quantitative estimate of drug-likeness (QED) is 0.882. The third kappa shape index (κ3) is 3.39. The summed E-state index contributed by atoms with van der Waals surface area (Å²) in [7, 11) is 1.68. The number of nitrogens with one attached hydrogen (secondary N) is 1. The zero-order chi connectivity index (χ0) is 13.7. The standard InChI is InChI=1S/C15H24N2O2/c1-4-19-15-11-13(5-6-14(15)18-3)12(2)17-9-7-16-8-10-17/h5-6,11-12,16H,4,7-10H2,1-3H3/t12-/m1/s1. The molecule has 1 N–H and O–H groups in total. The van der Waals surface area contributed by atoms with Gasteiger partial charge in [-0.3, -0.25) is 4.90 Å². The summed E-state index contributed by atoms with van der Waals surface area (Å²) in [6.45, 7) is 9.22. The van der Waals surface area contributed by atoms with Crippen molar-refractivity contribution in [2.75, 3.05) is 39.9 Å². The van der Waals surface area contributed by atoms with Crippen LogP contribution in [-0.2, 0) is 0 Å². The Bertz CT molecular complexity index is 403. The molecular weight excluding hydrogens is 240 g/mol. The van der Waals surface area contributed by atoms with Crippen LogP contribution in [0.15, 0.2) is 18.2 Å². The van der Waals surface area contributed by atoms with E-state index < -0.39 is 0 Å². The van der Waals surface area contributed by atoms with Crippen LogP contribution < -0.4 is 14.8 Å². The Labute approximate surface area is 115 Å². The van der Waals surface area contributed by atoms with E-state index in [0.717, 1.165) is 37.7 Å². The van der Waals surface area contributed by atoms with Gasteiger partial charge >= 0.3 is 0 Å². The lowest BCUT2D eigenvalue weighted by molar-refractivity contribution is 0.185. The lowest BCUT2D eigenvalue weighted by atomic mass is 10.1. The van der Waals surface area contributed by atoms with Gasteiger partial charge in [0.05, 0.1) is 13.7 Å². The number of nitrogens with zero attached hydrogens (tertiary/aromatic N) is 1. The first kappa shape index (κ1) is 14.2. The molecule has 19 heavy (non-hydrogen) atoms. The van der Waals surface area contributed by atoms with Gasteiger partial charge in [0.15, 0.2) is 11.5 Å². The highest BCUT2D eigenvalue weighted by atomic mass is 16.5. The van der Waals surface area contributed by atoms with Crippen LogP contribution in [0.5, 0.6) is 11.5 Å². The highest BCUT2D eigenvalue weighted by Crippen LogP contribution is 2.32. The van der Waals surface area contributed by atoms with Gasteiger partial charge in [0.1, 0.15) is 0 Å². The Kier molecular flexibility index (Phi) is 5.05. The van der Waals surface area contributed by atoms with Crippen molar-refractivity contribution in [3.63, 3.8) is 0 Å². The van der Waals surface area contributed by atoms with Crippen molar-refractivity contribution in [1.29, 1.82) is 0 Å². The molecule has 0 aliphatic carbocycles. The van der Waals surface area contributed by atoms with Crippen LogP contribution >= 0.6 is 0 Å². The van der Waals surface area contributed by atoms with Gasteiger partial charge in [0.25, 0.3) is 0 Å². The molecule has 0 bridgehead atoms. The summed E-state index contributed by atoms with van der Waals surface area (Å²) >= 11 is 0. The molecule has 1 heterocycles. The maximum absolute atomic E-state index is 5.65. The molecule has 0 saturated carbocycles. The number of rotatable bonds is 5. The van der Waals surface area contributed by atoms with Gasteiger partial charge in [0.2, 0.25) is 0 Å². The van der Waals surface area contributed by atoms with E-state index in [0.29, 0.717) is 12.6 Å². The minimum absolute atomic E-state index is 0.409. The van der Waals surface area contributed by atoms with Gasteiger partial charge in [0, 0.05) is 32.2 Å². The molecule has 1 aliphatic rings. The SMILES string of the molecule is CCOc1cc([C@@H](C)N2CCNCC2)ccc1OC. The van der Waals surface area contributed by atoms with E-state index in [-0.39, 0.29) is 0 Å². The molecule has 0 unspecified atom stereocenters. The minimum Gasteiger partial charge on any atom is -0.493 e. The zero-order valence-electron chi connectivity index (χ0n) is 12.1. The van der Waals surface area contributed by atoms with E-state index in [2.05, 4.69) is 29.3 Å². The van der Waals surface area contributed by atoms with E-state index >= 15 is 0 Å². The summed E-state index contributed by atoms with van der Waals surface area (Å²) < 4.78 is 11.0. The number of benzene rings is 1. The van der Waals surface area contributed by atoms with Gasteiger partial charge in [-0.15, -0.1) is 0 Å². The van der Waals surface area contributed by atoms with Crippen LogP contribution in [0.25, 0.3) is 0 Å². The first-order valence-electron chi connectivity index (χ1n) is 7.01. The Balaban J connectivity index is 2.16. The molecule has 1 aromatic rings. The summed E-state index contributed by atoms with van der Waals surface area (Å²) in [4.78, 5) is 2.49. The molecule has 1 fully saturated rings. The van der Waals surface area contributed by atoms with Gasteiger partial charge in [-0.1, -0.05) is 6.07 Å². The summed E-state index contributed by atoms with van der Waals surface area (Å²) in [5.41, 5.74) is 1.28. The van der Waals surface area contributed by atoms with E-state index in [4.69, 9.17) is 9.47 Å². The molecule has 106 valence electrons. The van der Waals surface area contributed by atoms with Crippen LogP contribution in [0.1, 0.15) is 25.5 Å². The lowest BCUT2D eigenvalue weighted by Gasteiger charge is -2.33. The lowest BCUT2D eigenvalue weighted by Crippen LogP contribution is -2.44. The van der Waals surface area contributed by atoms with Crippen LogP contribution in [0.4, 0.5) is 0 Å². The Hall–Kier alpha value is -1.26. The fraction of sp³-hybridized carbons (Fsp3) is 0.600. The van der Waals surface area contributed by atoms with Gasteiger partial charge in [-0.25, -0.2) is 0 Å². The second-order valence-corrected chi connectivity index (χ2v) is 4.81. The van der Waals surface area contributed by atoms with E-state index in [1.54, 1.807) is 7.11 Å². The summed E-state index contributed by atoms with van der Waals surface area (Å²) in [5.74, 6) is 1.64. The average Bonchev–Trinajstić information content (AvgIpc) is 2.47. The van der Waals surface area contributed by atoms with Crippen LogP contribution in [0, 0.1) is 0 Å². The molecule has 1 saturated heterocycles. The molecule has 0 aromatic heterocycles. The molecule has 0 radical (unpaired) electrons. The van der Waals surface area contributed by atoms with Crippen molar-refractivity contribution in [1.82, 2.24) is 10.2 Å². The second-order valence-electron chi connectivity index (χ2n) is 4.81. The molecule has 4 nitrogen and oxygen atoms in total. The Morgan fingerprint density at radius 3 is 2.63 bits per heavy atom. The first-order chi connectivity index (χ1) is 9.26. The van der Waals surface area contributed by atoms with Crippen molar-refractivity contribution >= 4 is 0 Å². The van der Waals surface area contributed by atoms with Gasteiger partial charge in [-0.2, -0.15) is 0 Å². The molecule has 1 aliphatic heterocycles. The topological polar surface area (TPSA) is 33.7 Å². The fourth-order valence-corrected chi connectivity index (χ4v) is 2.50. The van der Waals surface area contributed by atoms with E-state index in [1.165, 1.54) is 5.56 Å². The number of ether oxygens (including phenoxy) is 2. The number of hydrogen-bond donors (Lipinski definition) is 1. The number of hydrogen-bond acceptors (Lipinski definition) is 4. The Morgan fingerprint density at radius 1 is 1.26 bits per heavy atom. The van der Waals surface area contributed by atoms with Crippen molar-refractivity contribution in [2.24, 2.45) is 0 Å². The molecule has 2 rings (SSSR count). The van der Waals surface area contributed by atoms with E-state index in [9.17, 15) is 0 Å². The highest BCUT2D eigenvalue weighted by Gasteiger charge is 2.19. The predicted octanol–water partition coefficient (Wildman–Crippen LogP) is 2.06. The fourth-order valence-electron chi connectivity index (χ4n) is 2.50. The molecule has 1 atom stereocenters. The zero-order valence-corrected chi connectivity index (χ0v) is 12.1. The molecule has 4 heteroatoms. The minimum atomic E-state index is 0.409. The summed E-state index contributed by atoms with van der Waals surface area (Å²) in [6.07, 6.45) is 0. The van der Waals surface area contributed by atoms with Gasteiger partial charge < -0.3 is 14.8 Å². The van der Waals surface area contributed by atoms with Crippen molar-refractivity contribution in [3.8, 4) is 11.5 Å². The third-order valence-corrected chi connectivity index (χ3v) is 3.67. The molecule has 0 amide bonds. The highest BCUT2D eigenvalue weighted by molar-refractivity contribution is 5.43. The number of methoxy groups -OCH3 is 1. The van der Waals surface area contributed by atoms with Crippen LogP contribution in [0.2, 0.25) is 0 Å². The van der Waals surface area contributed by atoms with E-state index in [1.807, 2.05) is 13.0 Å². The maximum atomic E-state index is 5.65. The van der Waals surface area contributed by atoms with Crippen molar-refractivity contribution in [2.45, 2.75) is 19.9 Å². The maximum Gasteiger partial charge on any atom is 0.161 e. The van der Waals surface area contributed by atoms with Crippen molar-refractivity contribution < 1.29 is 9.47 Å². The normalized spacial score (nSPS) is 18.1. The Morgan fingerprint density at radius 2 is 2.00 bits per heavy atom. The molecule has 1 aromatic carbocycles. The summed E-state index contributed by atoms with van der Waals surface area (Å²) in [5, 5.41) is 3.38. The third-order valence-electron chi connectivity index (χ3n) is 3.67. The smallest absolute Gasteiger partial charge is 0.161 e. The predicted molar refractivity (Wildman–Crippen MR) is 77.0 cm³/mol. The average molecular weight is 264 g/mol. The van der Waals surface area contributed by atoms with Crippen molar-refractivity contribution in [3.05, 3.63) is 23.8 Å². The first-order valence-corrected chi connectivity index (χ1v) is 7.01. The number of piperazine rings is 1. The largest absolute Gasteiger partial charge is 0.493 e.